The predicted molar refractivity (Wildman–Crippen MR) is 138 cm³/mol. The molecule has 0 radical (unpaired) electrons. The van der Waals surface area contributed by atoms with Crippen molar-refractivity contribution in [3.63, 3.8) is 0 Å². The number of aliphatic hydroxyl groups excluding tert-OH is 1. The van der Waals surface area contributed by atoms with Crippen LogP contribution in [0.1, 0.15) is 48.7 Å². The maximum Gasteiger partial charge on any atom is 0.254 e. The minimum atomic E-state index is -0.208. The zero-order chi connectivity index (χ0) is 24.5. The van der Waals surface area contributed by atoms with Crippen LogP contribution in [0, 0.1) is 0 Å². The Morgan fingerprint density at radius 3 is 2.83 bits per heavy atom. The van der Waals surface area contributed by atoms with Crippen LogP contribution < -0.4 is 10.6 Å². The Morgan fingerprint density at radius 1 is 1.26 bits per heavy atom. The standard InChI is InChI=1S/C27H30N6O2/c1-17(32-14-11-19(34)12-15-32)7-10-23(28-3)31-21-9-8-20(25-18(2)30-27(35)26(21)25)22-16-29-24-6-4-5-13-33(22)24/h4-10,13,16,18-19,31,34H,3,11-12,14-15H2,1-2H3,(H,30,35)/b17-7+,23-10+/t18-/m1/s1. The lowest BCUT2D eigenvalue weighted by Gasteiger charge is -2.31. The fourth-order valence-corrected chi connectivity index (χ4v) is 4.91. The van der Waals surface area contributed by atoms with Gasteiger partial charge in [-0.2, -0.15) is 0 Å². The molecule has 2 aromatic heterocycles. The number of carbonyl (C=O) groups excluding carboxylic acids is 1. The van der Waals surface area contributed by atoms with E-state index >= 15 is 0 Å². The molecule has 0 bridgehead atoms. The number of allylic oxidation sites excluding steroid dienone is 3. The van der Waals surface area contributed by atoms with Gasteiger partial charge in [0, 0.05) is 30.5 Å². The van der Waals surface area contributed by atoms with Crippen molar-refractivity contribution in [3.05, 3.63) is 77.5 Å². The third kappa shape index (κ3) is 4.33. The number of fused-ring (bicyclic) bond motifs is 2. The molecule has 5 rings (SSSR count). The van der Waals surface area contributed by atoms with Crippen molar-refractivity contribution in [1.82, 2.24) is 19.6 Å². The lowest BCUT2D eigenvalue weighted by Crippen LogP contribution is -2.34. The number of amides is 1. The van der Waals surface area contributed by atoms with E-state index in [9.17, 15) is 9.90 Å². The van der Waals surface area contributed by atoms with Crippen molar-refractivity contribution in [1.29, 1.82) is 0 Å². The van der Waals surface area contributed by atoms with Crippen LogP contribution in [0.3, 0.4) is 0 Å². The molecule has 4 heterocycles. The number of carbonyl (C=O) groups is 1. The van der Waals surface area contributed by atoms with Crippen molar-refractivity contribution >= 4 is 24.0 Å². The molecule has 0 unspecified atom stereocenters. The summed E-state index contributed by atoms with van der Waals surface area (Å²) in [4.78, 5) is 23.9. The van der Waals surface area contributed by atoms with Gasteiger partial charge in [0.15, 0.2) is 0 Å². The van der Waals surface area contributed by atoms with E-state index < -0.39 is 0 Å². The van der Waals surface area contributed by atoms with Gasteiger partial charge in [0.1, 0.15) is 11.5 Å². The first-order valence-electron chi connectivity index (χ1n) is 11.9. The Morgan fingerprint density at radius 2 is 2.06 bits per heavy atom. The van der Waals surface area contributed by atoms with E-state index in [0.29, 0.717) is 17.1 Å². The number of hydrogen-bond acceptors (Lipinski definition) is 6. The minimum absolute atomic E-state index is 0.118. The summed E-state index contributed by atoms with van der Waals surface area (Å²) in [6, 6.07) is 9.68. The van der Waals surface area contributed by atoms with Crippen LogP contribution >= 0.6 is 0 Å². The molecule has 2 aliphatic rings. The summed E-state index contributed by atoms with van der Waals surface area (Å²) >= 11 is 0. The molecule has 8 heteroatoms. The number of hydrogen-bond donors (Lipinski definition) is 3. The number of imidazole rings is 1. The highest BCUT2D eigenvalue weighted by atomic mass is 16.3. The molecular formula is C27H30N6O2. The van der Waals surface area contributed by atoms with Gasteiger partial charge >= 0.3 is 0 Å². The predicted octanol–water partition coefficient (Wildman–Crippen LogP) is 4.12. The Bertz CT molecular complexity index is 1350. The molecule has 1 atom stereocenters. The number of benzene rings is 1. The normalized spacial score (nSPS) is 19.1. The van der Waals surface area contributed by atoms with Gasteiger partial charge in [0.2, 0.25) is 0 Å². The van der Waals surface area contributed by atoms with E-state index in [1.54, 1.807) is 0 Å². The molecule has 1 saturated heterocycles. The first-order valence-corrected chi connectivity index (χ1v) is 11.9. The van der Waals surface area contributed by atoms with Crippen LogP contribution in [0.15, 0.2) is 71.4 Å². The molecule has 3 aromatic rings. The number of piperidine rings is 1. The zero-order valence-corrected chi connectivity index (χ0v) is 20.0. The summed E-state index contributed by atoms with van der Waals surface area (Å²) < 4.78 is 2.03. The first kappa shape index (κ1) is 22.9. The van der Waals surface area contributed by atoms with Crippen LogP contribution in [0.5, 0.6) is 0 Å². The number of rotatable bonds is 6. The monoisotopic (exact) mass is 470 g/mol. The lowest BCUT2D eigenvalue weighted by atomic mass is 9.95. The number of anilines is 1. The van der Waals surface area contributed by atoms with Gasteiger partial charge in [0.05, 0.1) is 35.3 Å². The maximum atomic E-state index is 13.0. The number of nitrogens with zero attached hydrogens (tertiary/aromatic N) is 4. The van der Waals surface area contributed by atoms with Gasteiger partial charge in [-0.1, -0.05) is 12.1 Å². The second-order valence-corrected chi connectivity index (χ2v) is 9.08. The fourth-order valence-electron chi connectivity index (χ4n) is 4.91. The lowest BCUT2D eigenvalue weighted by molar-refractivity contribution is 0.0957. The molecule has 1 amide bonds. The molecule has 1 fully saturated rings. The molecule has 1 aromatic carbocycles. The van der Waals surface area contributed by atoms with Crippen LogP contribution in [0.4, 0.5) is 5.69 Å². The Labute approximate surface area is 204 Å². The molecule has 0 spiro atoms. The van der Waals surface area contributed by atoms with Crippen molar-refractivity contribution < 1.29 is 9.90 Å². The summed E-state index contributed by atoms with van der Waals surface area (Å²) in [7, 11) is 0. The molecule has 8 nitrogen and oxygen atoms in total. The number of nitrogens with one attached hydrogen (secondary N) is 2. The van der Waals surface area contributed by atoms with Gasteiger partial charge in [0.25, 0.3) is 5.91 Å². The van der Waals surface area contributed by atoms with Gasteiger partial charge in [-0.15, -0.1) is 0 Å². The zero-order valence-electron chi connectivity index (χ0n) is 20.0. The third-order valence-electron chi connectivity index (χ3n) is 6.82. The van der Waals surface area contributed by atoms with E-state index in [2.05, 4.69) is 32.2 Å². The summed E-state index contributed by atoms with van der Waals surface area (Å²) in [5, 5.41) is 16.1. The molecule has 3 N–H and O–H groups in total. The van der Waals surface area contributed by atoms with E-state index in [-0.39, 0.29) is 18.1 Å². The molecule has 0 aliphatic carbocycles. The average Bonchev–Trinajstić information content (AvgIpc) is 3.43. The second-order valence-electron chi connectivity index (χ2n) is 9.08. The number of likely N-dealkylation sites (tertiary alicyclic amines) is 1. The highest BCUT2D eigenvalue weighted by molar-refractivity contribution is 6.06. The van der Waals surface area contributed by atoms with Crippen molar-refractivity contribution in [2.45, 2.75) is 38.8 Å². The molecular weight excluding hydrogens is 440 g/mol. The van der Waals surface area contributed by atoms with Gasteiger partial charge < -0.3 is 20.6 Å². The Kier molecular flexibility index (Phi) is 6.13. The number of pyridine rings is 1. The highest BCUT2D eigenvalue weighted by Gasteiger charge is 2.32. The van der Waals surface area contributed by atoms with E-state index in [1.165, 1.54) is 0 Å². The van der Waals surface area contributed by atoms with E-state index in [1.807, 2.05) is 73.1 Å². The van der Waals surface area contributed by atoms with Crippen molar-refractivity contribution in [2.75, 3.05) is 18.4 Å². The molecule has 35 heavy (non-hydrogen) atoms. The van der Waals surface area contributed by atoms with Gasteiger partial charge in [-0.3, -0.25) is 9.20 Å². The van der Waals surface area contributed by atoms with Crippen molar-refractivity contribution in [3.8, 4) is 11.3 Å². The summed E-state index contributed by atoms with van der Waals surface area (Å²) in [5.74, 6) is 0.436. The SMILES string of the molecule is C=N/C(=C\C=C(/C)N1CCC(O)CC1)Nc1ccc(-c2cnc3ccccn23)c2c1C(=O)N[C@@H]2C. The topological polar surface area (TPSA) is 94.3 Å². The molecule has 0 saturated carbocycles. The summed E-state index contributed by atoms with van der Waals surface area (Å²) in [6.45, 7) is 9.41. The van der Waals surface area contributed by atoms with E-state index in [4.69, 9.17) is 0 Å². The van der Waals surface area contributed by atoms with E-state index in [0.717, 1.165) is 54.1 Å². The van der Waals surface area contributed by atoms with Crippen LogP contribution in [-0.2, 0) is 0 Å². The molecule has 2 aliphatic heterocycles. The summed E-state index contributed by atoms with van der Waals surface area (Å²) in [6.07, 6.45) is 9.03. The number of aliphatic hydroxyl groups is 1. The average molecular weight is 471 g/mol. The minimum Gasteiger partial charge on any atom is -0.393 e. The number of aliphatic imine (C=N–C) groups is 1. The smallest absolute Gasteiger partial charge is 0.254 e. The quantitative estimate of drug-likeness (QED) is 0.372. The van der Waals surface area contributed by atoms with Crippen LogP contribution in [-0.4, -0.2) is 51.2 Å². The fraction of sp³-hybridized carbons (Fsp3) is 0.296. The molecule has 180 valence electrons. The number of aromatic nitrogens is 2. The Balaban J connectivity index is 1.48. The first-order chi connectivity index (χ1) is 17.0. The van der Waals surface area contributed by atoms with Gasteiger partial charge in [-0.05, 0) is 69.3 Å². The Hall–Kier alpha value is -3.91. The van der Waals surface area contributed by atoms with Crippen LogP contribution in [0.25, 0.3) is 16.9 Å². The van der Waals surface area contributed by atoms with Gasteiger partial charge in [-0.25, -0.2) is 9.98 Å². The third-order valence-corrected chi connectivity index (χ3v) is 6.82. The highest BCUT2D eigenvalue weighted by Crippen LogP contribution is 2.39. The second kappa shape index (κ2) is 9.38. The maximum absolute atomic E-state index is 13.0. The largest absolute Gasteiger partial charge is 0.393 e. The van der Waals surface area contributed by atoms with Crippen molar-refractivity contribution in [2.24, 2.45) is 4.99 Å². The van der Waals surface area contributed by atoms with Crippen LogP contribution in [0.2, 0.25) is 0 Å². The summed E-state index contributed by atoms with van der Waals surface area (Å²) in [5.41, 5.74) is 6.10.